The first-order valence-corrected chi connectivity index (χ1v) is 9.81. The summed E-state index contributed by atoms with van der Waals surface area (Å²) in [6, 6.07) is 10.3. The molecular weight excluding hydrogens is 330 g/mol. The van der Waals surface area contributed by atoms with E-state index in [4.69, 9.17) is 10.7 Å². The van der Waals surface area contributed by atoms with Gasteiger partial charge in [-0.2, -0.15) is 0 Å². The van der Waals surface area contributed by atoms with E-state index in [1.54, 1.807) is 16.2 Å². The lowest BCUT2D eigenvalue weighted by atomic mass is 10.2. The fourth-order valence-electron chi connectivity index (χ4n) is 2.55. The van der Waals surface area contributed by atoms with E-state index in [9.17, 15) is 13.2 Å². The Kier molecular flexibility index (Phi) is 3.94. The maximum absolute atomic E-state index is 11.8. The lowest BCUT2D eigenvalue weighted by Crippen LogP contribution is -2.29. The van der Waals surface area contributed by atoms with Gasteiger partial charge in [0.2, 0.25) is 15.0 Å². The molecule has 112 valence electrons. The van der Waals surface area contributed by atoms with Crippen LogP contribution < -0.4 is 0 Å². The zero-order chi connectivity index (χ0) is 15.0. The molecule has 0 N–H and O–H groups in total. The van der Waals surface area contributed by atoms with Gasteiger partial charge in [-0.05, 0) is 23.9 Å². The lowest BCUT2D eigenvalue weighted by Gasteiger charge is -2.15. The molecule has 0 aliphatic carbocycles. The Hall–Kier alpha value is -1.11. The van der Waals surface area contributed by atoms with Crippen LogP contribution in [0.1, 0.15) is 11.3 Å². The molecule has 1 saturated heterocycles. The number of amides is 1. The van der Waals surface area contributed by atoms with Gasteiger partial charge in [0.25, 0.3) is 0 Å². The Bertz CT molecular complexity index is 751. The highest BCUT2D eigenvalue weighted by Crippen LogP contribution is 2.27. The van der Waals surface area contributed by atoms with Crippen LogP contribution in [0.2, 0.25) is 0 Å². The fourth-order valence-corrected chi connectivity index (χ4v) is 4.66. The second kappa shape index (κ2) is 5.59. The number of carbonyl (C=O) groups is 1. The van der Waals surface area contributed by atoms with Gasteiger partial charge in [-0.25, -0.2) is 8.42 Å². The van der Waals surface area contributed by atoms with Gasteiger partial charge in [0.15, 0.2) is 0 Å². The molecule has 0 saturated carbocycles. The van der Waals surface area contributed by atoms with Crippen molar-refractivity contribution in [3.63, 3.8) is 0 Å². The molecule has 7 heteroatoms. The maximum Gasteiger partial charge on any atom is 0.237 e. The van der Waals surface area contributed by atoms with Crippen molar-refractivity contribution < 1.29 is 13.2 Å². The molecule has 1 aliphatic heterocycles. The van der Waals surface area contributed by atoms with E-state index in [-0.39, 0.29) is 18.9 Å². The fraction of sp³-hybridized carbons (Fsp3) is 0.357. The second-order valence-electron chi connectivity index (χ2n) is 5.14. The minimum absolute atomic E-state index is 0.00174. The lowest BCUT2D eigenvalue weighted by molar-refractivity contribution is -0.127. The summed E-state index contributed by atoms with van der Waals surface area (Å²) in [6.45, 7) is 0.740. The molecule has 0 radical (unpaired) electrons. The zero-order valence-electron chi connectivity index (χ0n) is 11.2. The van der Waals surface area contributed by atoms with Gasteiger partial charge in [-0.1, -0.05) is 18.2 Å². The summed E-state index contributed by atoms with van der Waals surface area (Å²) in [7, 11) is 1.68. The molecule has 1 aromatic carbocycles. The van der Waals surface area contributed by atoms with Crippen LogP contribution in [0.4, 0.5) is 0 Å². The van der Waals surface area contributed by atoms with Crippen LogP contribution in [0.5, 0.6) is 0 Å². The third-order valence-electron chi connectivity index (χ3n) is 3.68. The third-order valence-corrected chi connectivity index (χ3v) is 6.73. The van der Waals surface area contributed by atoms with Gasteiger partial charge in [0, 0.05) is 39.8 Å². The number of hydrogen-bond acceptors (Lipinski definition) is 4. The van der Waals surface area contributed by atoms with E-state index in [0.717, 1.165) is 6.42 Å². The normalized spacial score (nSPS) is 19.6. The number of fused-ring (bicyclic) bond motifs is 1. The number of carbonyl (C=O) groups excluding carboxylic acids is 1. The Morgan fingerprint density at radius 1 is 1.33 bits per heavy atom. The van der Waals surface area contributed by atoms with Crippen molar-refractivity contribution in [3.05, 3.63) is 35.2 Å². The van der Waals surface area contributed by atoms with Gasteiger partial charge in [-0.15, -0.1) is 11.3 Å². The first kappa shape index (κ1) is 14.8. The molecule has 4 nitrogen and oxygen atoms in total. The summed E-state index contributed by atoms with van der Waals surface area (Å²) < 4.78 is 23.8. The van der Waals surface area contributed by atoms with E-state index in [1.807, 2.05) is 12.1 Å². The van der Waals surface area contributed by atoms with Crippen molar-refractivity contribution in [2.75, 3.05) is 13.1 Å². The Labute approximate surface area is 131 Å². The molecule has 2 heterocycles. The minimum atomic E-state index is -3.66. The largest absolute Gasteiger partial charge is 0.341 e. The van der Waals surface area contributed by atoms with E-state index in [1.165, 1.54) is 15.0 Å². The van der Waals surface area contributed by atoms with Gasteiger partial charge >= 0.3 is 0 Å². The predicted octanol–water partition coefficient (Wildman–Crippen LogP) is 2.61. The van der Waals surface area contributed by atoms with Crippen LogP contribution in [-0.2, 0) is 20.3 Å². The Balaban J connectivity index is 1.66. The number of rotatable bonds is 4. The number of thiophene rings is 1. The predicted molar refractivity (Wildman–Crippen MR) is 85.3 cm³/mol. The van der Waals surface area contributed by atoms with Crippen molar-refractivity contribution in [3.8, 4) is 0 Å². The molecule has 1 aromatic heterocycles. The van der Waals surface area contributed by atoms with Crippen LogP contribution in [-0.4, -0.2) is 37.6 Å². The van der Waals surface area contributed by atoms with Gasteiger partial charge in [0.05, 0.1) is 0 Å². The summed E-state index contributed by atoms with van der Waals surface area (Å²) in [5.41, 5.74) is 0. The highest BCUT2D eigenvalue weighted by Gasteiger charge is 2.36. The highest BCUT2D eigenvalue weighted by molar-refractivity contribution is 8.14. The summed E-state index contributed by atoms with van der Waals surface area (Å²) >= 11 is 1.71. The first-order valence-electron chi connectivity index (χ1n) is 6.62. The van der Waals surface area contributed by atoms with Crippen molar-refractivity contribution in [2.45, 2.75) is 18.1 Å². The van der Waals surface area contributed by atoms with E-state index < -0.39 is 14.3 Å². The molecule has 1 amide bonds. The minimum Gasteiger partial charge on any atom is -0.341 e. The number of likely N-dealkylation sites (tertiary alicyclic amines) is 1. The van der Waals surface area contributed by atoms with Gasteiger partial charge in [-0.3, -0.25) is 4.79 Å². The van der Waals surface area contributed by atoms with Crippen LogP contribution >= 0.6 is 22.0 Å². The van der Waals surface area contributed by atoms with Crippen LogP contribution in [0.25, 0.3) is 10.1 Å². The summed E-state index contributed by atoms with van der Waals surface area (Å²) in [5, 5.41) is 0.431. The molecular formula is C14H14ClNO3S2. The molecule has 3 rings (SSSR count). The third kappa shape index (κ3) is 3.22. The monoisotopic (exact) mass is 343 g/mol. The molecule has 1 atom stereocenters. The molecule has 0 spiro atoms. The van der Waals surface area contributed by atoms with Gasteiger partial charge in [0.1, 0.15) is 5.25 Å². The van der Waals surface area contributed by atoms with E-state index in [0.29, 0.717) is 6.54 Å². The Morgan fingerprint density at radius 2 is 2.10 bits per heavy atom. The second-order valence-corrected chi connectivity index (χ2v) is 9.22. The molecule has 1 aliphatic rings. The van der Waals surface area contributed by atoms with Crippen LogP contribution in [0.15, 0.2) is 30.3 Å². The van der Waals surface area contributed by atoms with Crippen molar-refractivity contribution in [1.29, 1.82) is 0 Å². The molecule has 1 unspecified atom stereocenters. The zero-order valence-corrected chi connectivity index (χ0v) is 13.5. The van der Waals surface area contributed by atoms with Crippen LogP contribution in [0, 0.1) is 0 Å². The summed E-state index contributed by atoms with van der Waals surface area (Å²) in [6.07, 6.45) is 0.735. The SMILES string of the molecule is O=C1CC(S(=O)(=O)Cl)CN1CCc1cc2ccccc2s1. The smallest absolute Gasteiger partial charge is 0.237 e. The molecule has 1 fully saturated rings. The molecule has 21 heavy (non-hydrogen) atoms. The average Bonchev–Trinajstić information content (AvgIpc) is 2.98. The molecule has 0 bridgehead atoms. The molecule has 2 aromatic rings. The van der Waals surface area contributed by atoms with E-state index >= 15 is 0 Å². The Morgan fingerprint density at radius 3 is 2.76 bits per heavy atom. The highest BCUT2D eigenvalue weighted by atomic mass is 35.7. The van der Waals surface area contributed by atoms with Gasteiger partial charge < -0.3 is 4.90 Å². The topological polar surface area (TPSA) is 54.5 Å². The summed E-state index contributed by atoms with van der Waals surface area (Å²) in [5.74, 6) is -0.134. The van der Waals surface area contributed by atoms with Crippen LogP contribution in [0.3, 0.4) is 0 Å². The maximum atomic E-state index is 11.8. The van der Waals surface area contributed by atoms with Crippen molar-refractivity contribution >= 4 is 47.1 Å². The number of hydrogen-bond donors (Lipinski definition) is 0. The first-order chi connectivity index (χ1) is 9.93. The van der Waals surface area contributed by atoms with E-state index in [2.05, 4.69) is 18.2 Å². The number of halogens is 1. The van der Waals surface area contributed by atoms with Crippen molar-refractivity contribution in [2.24, 2.45) is 0 Å². The average molecular weight is 344 g/mol. The number of benzene rings is 1. The number of nitrogens with zero attached hydrogens (tertiary/aromatic N) is 1. The summed E-state index contributed by atoms with van der Waals surface area (Å²) in [4.78, 5) is 14.6. The van der Waals surface area contributed by atoms with Crippen molar-refractivity contribution in [1.82, 2.24) is 4.90 Å². The standard InChI is InChI=1S/C14H14ClNO3S2/c15-21(18,19)12-8-14(17)16(9-12)6-5-11-7-10-3-1-2-4-13(10)20-11/h1-4,7,12H,5-6,8-9H2. The quantitative estimate of drug-likeness (QED) is 0.802.